The van der Waals surface area contributed by atoms with E-state index in [9.17, 15) is 9.59 Å². The van der Waals surface area contributed by atoms with E-state index in [1.807, 2.05) is 30.3 Å². The number of nitrogens with zero attached hydrogens (tertiary/aromatic N) is 2. The molecule has 0 aliphatic carbocycles. The number of aromatic nitrogens is 1. The van der Waals surface area contributed by atoms with E-state index in [2.05, 4.69) is 10.5 Å². The fourth-order valence-corrected chi connectivity index (χ4v) is 3.03. The van der Waals surface area contributed by atoms with Crippen LogP contribution in [0.2, 0.25) is 5.02 Å². The molecule has 0 spiro atoms. The molecule has 2 amide bonds. The largest absolute Gasteiger partial charge is 0.360 e. The number of anilines is 1. The average molecular weight is 398 g/mol. The van der Waals surface area contributed by atoms with Crippen molar-refractivity contribution < 1.29 is 14.1 Å². The minimum Gasteiger partial charge on any atom is -0.360 e. The summed E-state index contributed by atoms with van der Waals surface area (Å²) in [5.74, 6) is 0.0320. The predicted molar refractivity (Wildman–Crippen MR) is 108 cm³/mol. The summed E-state index contributed by atoms with van der Waals surface area (Å²) in [6.07, 6.45) is 0. The zero-order chi connectivity index (χ0) is 20.3. The maximum atomic E-state index is 12.9. The minimum absolute atomic E-state index is 0.0288. The van der Waals surface area contributed by atoms with E-state index >= 15 is 0 Å². The van der Waals surface area contributed by atoms with Crippen molar-refractivity contribution in [2.75, 3.05) is 12.4 Å². The highest BCUT2D eigenvalue weighted by atomic mass is 35.5. The van der Waals surface area contributed by atoms with Gasteiger partial charge in [-0.1, -0.05) is 47.1 Å². The van der Waals surface area contributed by atoms with E-state index in [0.29, 0.717) is 39.8 Å². The fraction of sp³-hybridized carbons (Fsp3) is 0.190. The van der Waals surface area contributed by atoms with Gasteiger partial charge in [-0.05, 0) is 30.7 Å². The van der Waals surface area contributed by atoms with E-state index in [4.69, 9.17) is 16.1 Å². The third kappa shape index (κ3) is 4.23. The number of carbonyl (C=O) groups excluding carboxylic acids is 2. The highest BCUT2D eigenvalue weighted by molar-refractivity contribution is 6.33. The number of benzene rings is 2. The van der Waals surface area contributed by atoms with Gasteiger partial charge in [0.1, 0.15) is 17.0 Å². The zero-order valence-corrected chi connectivity index (χ0v) is 16.6. The van der Waals surface area contributed by atoms with Crippen molar-refractivity contribution in [1.29, 1.82) is 0 Å². The van der Waals surface area contributed by atoms with E-state index in [1.54, 1.807) is 37.1 Å². The molecule has 0 unspecified atom stereocenters. The van der Waals surface area contributed by atoms with Gasteiger partial charge in [-0.3, -0.25) is 9.59 Å². The maximum Gasteiger partial charge on any atom is 0.261 e. The molecule has 0 aliphatic rings. The van der Waals surface area contributed by atoms with Gasteiger partial charge < -0.3 is 14.7 Å². The first-order valence-corrected chi connectivity index (χ1v) is 9.07. The third-order valence-corrected chi connectivity index (χ3v) is 4.69. The van der Waals surface area contributed by atoms with Gasteiger partial charge in [-0.15, -0.1) is 0 Å². The minimum atomic E-state index is -0.342. The summed E-state index contributed by atoms with van der Waals surface area (Å²) in [7, 11) is 1.73. The Morgan fingerprint density at radius 1 is 1.18 bits per heavy atom. The molecule has 0 aliphatic heterocycles. The molecule has 0 saturated heterocycles. The molecular weight excluding hydrogens is 378 g/mol. The first-order chi connectivity index (χ1) is 13.4. The summed E-state index contributed by atoms with van der Waals surface area (Å²) in [4.78, 5) is 26.0. The molecule has 1 N–H and O–H groups in total. The van der Waals surface area contributed by atoms with E-state index < -0.39 is 0 Å². The van der Waals surface area contributed by atoms with E-state index in [0.717, 1.165) is 5.56 Å². The van der Waals surface area contributed by atoms with Crippen molar-refractivity contribution >= 4 is 29.1 Å². The summed E-state index contributed by atoms with van der Waals surface area (Å²) in [6.45, 7) is 3.65. The Kier molecular flexibility index (Phi) is 5.80. The molecule has 7 heteroatoms. The monoisotopic (exact) mass is 397 g/mol. The molecule has 0 saturated carbocycles. The normalized spacial score (nSPS) is 10.6. The summed E-state index contributed by atoms with van der Waals surface area (Å²) in [5, 5.41) is 7.38. The number of halogens is 1. The second-order valence-corrected chi connectivity index (χ2v) is 6.88. The van der Waals surface area contributed by atoms with Gasteiger partial charge >= 0.3 is 0 Å². The second-order valence-electron chi connectivity index (χ2n) is 6.47. The van der Waals surface area contributed by atoms with Gasteiger partial charge in [0.15, 0.2) is 0 Å². The maximum absolute atomic E-state index is 12.9. The lowest BCUT2D eigenvalue weighted by atomic mass is 10.1. The number of aryl methyl sites for hydroxylation is 1. The van der Waals surface area contributed by atoms with E-state index in [-0.39, 0.29) is 11.8 Å². The van der Waals surface area contributed by atoms with Crippen LogP contribution in [-0.2, 0) is 11.3 Å². The topological polar surface area (TPSA) is 75.4 Å². The van der Waals surface area contributed by atoms with Crippen LogP contribution >= 0.6 is 11.6 Å². The van der Waals surface area contributed by atoms with Crippen LogP contribution in [0.1, 0.15) is 28.6 Å². The quantitative estimate of drug-likeness (QED) is 0.686. The standard InChI is InChI=1S/C21H20ClN3O3/c1-13-19(20(24-28-13)17-9-4-5-10-18(17)22)21(27)23-16-8-6-7-15(11-16)12-25(3)14(2)26/h4-11H,12H2,1-3H3,(H,23,27). The van der Waals surface area contributed by atoms with Crippen LogP contribution in [0.3, 0.4) is 0 Å². The third-order valence-electron chi connectivity index (χ3n) is 4.36. The van der Waals surface area contributed by atoms with Gasteiger partial charge in [0.25, 0.3) is 5.91 Å². The smallest absolute Gasteiger partial charge is 0.261 e. The lowest BCUT2D eigenvalue weighted by Crippen LogP contribution is -2.23. The van der Waals surface area contributed by atoms with Gasteiger partial charge in [0.05, 0.1) is 5.02 Å². The Morgan fingerprint density at radius 2 is 1.93 bits per heavy atom. The van der Waals surface area contributed by atoms with Crippen LogP contribution in [0, 0.1) is 6.92 Å². The number of hydrogen-bond donors (Lipinski definition) is 1. The molecule has 3 aromatic rings. The Morgan fingerprint density at radius 3 is 2.64 bits per heavy atom. The molecule has 6 nitrogen and oxygen atoms in total. The molecule has 0 fully saturated rings. The summed E-state index contributed by atoms with van der Waals surface area (Å²) in [6, 6.07) is 14.5. The SMILES string of the molecule is CC(=O)N(C)Cc1cccc(NC(=O)c2c(-c3ccccc3Cl)noc2C)c1. The zero-order valence-electron chi connectivity index (χ0n) is 15.8. The highest BCUT2D eigenvalue weighted by Crippen LogP contribution is 2.31. The Bertz CT molecular complexity index is 1030. The van der Waals surface area contributed by atoms with Crippen molar-refractivity contribution in [1.82, 2.24) is 10.1 Å². The molecule has 28 heavy (non-hydrogen) atoms. The van der Waals surface area contributed by atoms with Crippen molar-refractivity contribution in [3.63, 3.8) is 0 Å². The molecule has 2 aromatic carbocycles. The molecule has 1 aromatic heterocycles. The highest BCUT2D eigenvalue weighted by Gasteiger charge is 2.23. The second kappa shape index (κ2) is 8.27. The summed E-state index contributed by atoms with van der Waals surface area (Å²) in [5.41, 5.74) is 2.88. The van der Waals surface area contributed by atoms with Crippen molar-refractivity contribution in [2.45, 2.75) is 20.4 Å². The molecule has 1 heterocycles. The molecule has 0 bridgehead atoms. The van der Waals surface area contributed by atoms with Crippen LogP contribution in [0.4, 0.5) is 5.69 Å². The lowest BCUT2D eigenvalue weighted by Gasteiger charge is -2.15. The predicted octanol–water partition coefficient (Wildman–Crippen LogP) is 4.53. The number of rotatable bonds is 5. The number of hydrogen-bond acceptors (Lipinski definition) is 4. The van der Waals surface area contributed by atoms with Crippen LogP contribution in [0.25, 0.3) is 11.3 Å². The molecular formula is C21H20ClN3O3. The first-order valence-electron chi connectivity index (χ1n) is 8.70. The molecule has 0 atom stereocenters. The van der Waals surface area contributed by atoms with Gasteiger partial charge in [-0.25, -0.2) is 0 Å². The van der Waals surface area contributed by atoms with Crippen molar-refractivity contribution in [3.8, 4) is 11.3 Å². The Hall–Kier alpha value is -3.12. The number of amides is 2. The van der Waals surface area contributed by atoms with Gasteiger partial charge in [-0.2, -0.15) is 0 Å². The molecule has 144 valence electrons. The van der Waals surface area contributed by atoms with Crippen molar-refractivity contribution in [2.24, 2.45) is 0 Å². The van der Waals surface area contributed by atoms with Crippen LogP contribution < -0.4 is 5.32 Å². The van der Waals surface area contributed by atoms with Crippen molar-refractivity contribution in [3.05, 3.63) is 70.4 Å². The van der Waals surface area contributed by atoms with E-state index in [1.165, 1.54) is 6.92 Å². The summed E-state index contributed by atoms with van der Waals surface area (Å²) >= 11 is 6.25. The van der Waals surface area contributed by atoms with Crippen LogP contribution in [0.15, 0.2) is 53.1 Å². The van der Waals surface area contributed by atoms with Crippen LogP contribution in [0.5, 0.6) is 0 Å². The number of nitrogens with one attached hydrogen (secondary N) is 1. The molecule has 0 radical (unpaired) electrons. The van der Waals surface area contributed by atoms with Gasteiger partial charge in [0, 0.05) is 31.8 Å². The Labute approximate surface area is 168 Å². The summed E-state index contributed by atoms with van der Waals surface area (Å²) < 4.78 is 5.25. The van der Waals surface area contributed by atoms with Crippen LogP contribution in [-0.4, -0.2) is 28.9 Å². The lowest BCUT2D eigenvalue weighted by molar-refractivity contribution is -0.128. The first kappa shape index (κ1) is 19.6. The average Bonchev–Trinajstić information content (AvgIpc) is 3.03. The fourth-order valence-electron chi connectivity index (χ4n) is 2.80. The van der Waals surface area contributed by atoms with Gasteiger partial charge in [0.2, 0.25) is 5.91 Å². The Balaban J connectivity index is 1.86. The molecule has 3 rings (SSSR count). The number of carbonyl (C=O) groups is 2.